The Morgan fingerprint density at radius 2 is 0.825 bits per heavy atom. The lowest BCUT2D eigenvalue weighted by Gasteiger charge is -2.17. The van der Waals surface area contributed by atoms with E-state index in [1.165, 1.54) is 81.3 Å². The van der Waals surface area contributed by atoms with E-state index < -0.39 is 0 Å². The molecule has 0 aliphatic rings. The minimum Gasteiger partial charge on any atom is -0.264 e. The molecule has 1 heterocycles. The Balaban J connectivity index is 1.46. The first kappa shape index (κ1) is 21.6. The van der Waals surface area contributed by atoms with E-state index >= 15 is 0 Å². The molecule has 1 nitrogen and oxygen atoms in total. The van der Waals surface area contributed by atoms with Gasteiger partial charge in [-0.25, -0.2) is 0 Å². The first-order valence-corrected chi connectivity index (χ1v) is 13.8. The predicted molar refractivity (Wildman–Crippen MR) is 171 cm³/mol. The quantitative estimate of drug-likeness (QED) is 0.213. The van der Waals surface area contributed by atoms with Crippen LogP contribution in [0.5, 0.6) is 0 Å². The largest absolute Gasteiger partial charge is 0.264 e. The SMILES string of the molecule is c1cncc(-c2ccc(-c3cc4ccc5cccc6c7cccc8ccc9cccc(c(c3)c4c56)c9c87)cc2)c1. The van der Waals surface area contributed by atoms with Gasteiger partial charge in [0.05, 0.1) is 0 Å². The maximum Gasteiger partial charge on any atom is 0.0346 e. The van der Waals surface area contributed by atoms with E-state index in [1.54, 1.807) is 0 Å². The summed E-state index contributed by atoms with van der Waals surface area (Å²) >= 11 is 0. The van der Waals surface area contributed by atoms with Crippen LogP contribution in [0.15, 0.2) is 140 Å². The summed E-state index contributed by atoms with van der Waals surface area (Å²) in [7, 11) is 0. The van der Waals surface area contributed by atoms with Crippen LogP contribution in [0.4, 0.5) is 0 Å². The fourth-order valence-corrected chi connectivity index (χ4v) is 6.84. The highest BCUT2D eigenvalue weighted by Gasteiger charge is 2.16. The third-order valence-corrected chi connectivity index (χ3v) is 8.64. The molecule has 0 radical (unpaired) electrons. The number of hydrogen-bond acceptors (Lipinski definition) is 1. The van der Waals surface area contributed by atoms with Gasteiger partial charge in [0.25, 0.3) is 0 Å². The molecule has 0 spiro atoms. The van der Waals surface area contributed by atoms with E-state index in [1.807, 2.05) is 18.5 Å². The molecule has 0 saturated heterocycles. The van der Waals surface area contributed by atoms with Crippen molar-refractivity contribution < 1.29 is 0 Å². The highest BCUT2D eigenvalue weighted by atomic mass is 14.6. The number of benzene rings is 7. The van der Waals surface area contributed by atoms with Crippen LogP contribution in [0.1, 0.15) is 0 Å². The summed E-state index contributed by atoms with van der Waals surface area (Å²) < 4.78 is 0. The molecule has 184 valence electrons. The zero-order chi connectivity index (χ0) is 26.2. The molecule has 0 atom stereocenters. The zero-order valence-corrected chi connectivity index (χ0v) is 21.7. The van der Waals surface area contributed by atoms with E-state index in [0.717, 1.165) is 5.56 Å². The summed E-state index contributed by atoms with van der Waals surface area (Å²) in [6.45, 7) is 0. The van der Waals surface area contributed by atoms with Gasteiger partial charge in [-0.15, -0.1) is 0 Å². The molecule has 0 unspecified atom stereocenters. The summed E-state index contributed by atoms with van der Waals surface area (Å²) in [5, 5.41) is 15.7. The average Bonchev–Trinajstić information content (AvgIpc) is 3.03. The van der Waals surface area contributed by atoms with Crippen LogP contribution in [0.3, 0.4) is 0 Å². The van der Waals surface area contributed by atoms with Crippen LogP contribution in [-0.2, 0) is 0 Å². The Kier molecular flexibility index (Phi) is 4.39. The number of pyridine rings is 1. The molecule has 0 aliphatic carbocycles. The molecular formula is C39H23N. The molecule has 1 aromatic heterocycles. The minimum absolute atomic E-state index is 1.13. The molecule has 0 amide bonds. The average molecular weight is 506 g/mol. The van der Waals surface area contributed by atoms with E-state index in [9.17, 15) is 0 Å². The van der Waals surface area contributed by atoms with Gasteiger partial charge < -0.3 is 0 Å². The summed E-state index contributed by atoms with van der Waals surface area (Å²) in [6, 6.07) is 47.2. The van der Waals surface area contributed by atoms with Gasteiger partial charge in [0.15, 0.2) is 0 Å². The van der Waals surface area contributed by atoms with Gasteiger partial charge in [-0.3, -0.25) is 4.98 Å². The van der Waals surface area contributed by atoms with Crippen LogP contribution in [0.25, 0.3) is 86.9 Å². The van der Waals surface area contributed by atoms with Crippen LogP contribution in [0.2, 0.25) is 0 Å². The number of rotatable bonds is 2. The van der Waals surface area contributed by atoms with Gasteiger partial charge in [0.2, 0.25) is 0 Å². The van der Waals surface area contributed by atoms with Crippen molar-refractivity contribution >= 4 is 64.6 Å². The Morgan fingerprint density at radius 3 is 1.38 bits per heavy atom. The van der Waals surface area contributed by atoms with E-state index in [4.69, 9.17) is 0 Å². The summed E-state index contributed by atoms with van der Waals surface area (Å²) in [4.78, 5) is 4.30. The fourth-order valence-electron chi connectivity index (χ4n) is 6.84. The van der Waals surface area contributed by atoms with Crippen molar-refractivity contribution in [1.82, 2.24) is 4.98 Å². The van der Waals surface area contributed by atoms with Crippen LogP contribution >= 0.6 is 0 Å². The molecule has 1 heteroatoms. The summed E-state index contributed by atoms with van der Waals surface area (Å²) in [5.41, 5.74) is 4.76. The minimum atomic E-state index is 1.13. The smallest absolute Gasteiger partial charge is 0.0346 e. The summed E-state index contributed by atoms with van der Waals surface area (Å²) in [6.07, 6.45) is 3.74. The molecule has 8 aromatic carbocycles. The molecule has 0 aliphatic heterocycles. The number of nitrogens with zero attached hydrogens (tertiary/aromatic N) is 1. The second kappa shape index (κ2) is 8.11. The van der Waals surface area contributed by atoms with E-state index in [0.29, 0.717) is 0 Å². The van der Waals surface area contributed by atoms with Crippen LogP contribution in [0, 0.1) is 0 Å². The van der Waals surface area contributed by atoms with Gasteiger partial charge in [-0.1, -0.05) is 109 Å². The van der Waals surface area contributed by atoms with Crippen molar-refractivity contribution in [2.45, 2.75) is 0 Å². The summed E-state index contributed by atoms with van der Waals surface area (Å²) in [5.74, 6) is 0. The zero-order valence-electron chi connectivity index (χ0n) is 21.7. The monoisotopic (exact) mass is 505 g/mol. The molecule has 0 saturated carbocycles. The topological polar surface area (TPSA) is 12.9 Å². The number of aromatic nitrogens is 1. The molecule has 40 heavy (non-hydrogen) atoms. The van der Waals surface area contributed by atoms with Crippen molar-refractivity contribution in [1.29, 1.82) is 0 Å². The van der Waals surface area contributed by atoms with Crippen LogP contribution < -0.4 is 0 Å². The third kappa shape index (κ3) is 3.00. The van der Waals surface area contributed by atoms with Crippen LogP contribution in [-0.4, -0.2) is 4.98 Å². The molecule has 9 aromatic rings. The Bertz CT molecular complexity index is 2390. The van der Waals surface area contributed by atoms with E-state index in [-0.39, 0.29) is 0 Å². The van der Waals surface area contributed by atoms with E-state index in [2.05, 4.69) is 126 Å². The normalized spacial score (nSPS) is 12.0. The third-order valence-electron chi connectivity index (χ3n) is 8.64. The number of fused-ring (bicyclic) bond motifs is 2. The molecule has 0 bridgehead atoms. The second-order valence-corrected chi connectivity index (χ2v) is 10.8. The van der Waals surface area contributed by atoms with Gasteiger partial charge >= 0.3 is 0 Å². The highest BCUT2D eigenvalue weighted by molar-refractivity contribution is 6.37. The maximum absolute atomic E-state index is 4.30. The lowest BCUT2D eigenvalue weighted by atomic mass is 9.86. The predicted octanol–water partition coefficient (Wildman–Crippen LogP) is 10.8. The Hall–Kier alpha value is -5.27. The van der Waals surface area contributed by atoms with Crippen molar-refractivity contribution in [2.24, 2.45) is 0 Å². The van der Waals surface area contributed by atoms with Gasteiger partial charge in [0.1, 0.15) is 0 Å². The standard InChI is InChI=1S/C39H23N/c1-5-26-16-17-27-7-3-11-34-35-22-31(25-14-12-24(13-15-25)30-8-4-20-40-23-30)21-29-19-18-28-6-2-10-33(37(28)39(29)35)32(9-1)36(26)38(27)34/h1-23H. The van der Waals surface area contributed by atoms with Crippen molar-refractivity contribution in [2.75, 3.05) is 0 Å². The Morgan fingerprint density at radius 1 is 0.325 bits per heavy atom. The molecule has 9 rings (SSSR count). The molecule has 0 fully saturated rings. The molecular weight excluding hydrogens is 482 g/mol. The lowest BCUT2D eigenvalue weighted by Crippen LogP contribution is -1.89. The molecule has 0 N–H and O–H groups in total. The highest BCUT2D eigenvalue weighted by Crippen LogP contribution is 2.44. The lowest BCUT2D eigenvalue weighted by molar-refractivity contribution is 1.33. The van der Waals surface area contributed by atoms with Gasteiger partial charge in [-0.05, 0) is 105 Å². The Labute approximate surface area is 231 Å². The maximum atomic E-state index is 4.30. The second-order valence-electron chi connectivity index (χ2n) is 10.8. The van der Waals surface area contributed by atoms with Gasteiger partial charge in [-0.2, -0.15) is 0 Å². The first-order valence-electron chi connectivity index (χ1n) is 13.8. The van der Waals surface area contributed by atoms with Crippen molar-refractivity contribution in [3.05, 3.63) is 140 Å². The van der Waals surface area contributed by atoms with Crippen molar-refractivity contribution in [3.63, 3.8) is 0 Å². The van der Waals surface area contributed by atoms with Crippen molar-refractivity contribution in [3.8, 4) is 22.3 Å². The number of hydrogen-bond donors (Lipinski definition) is 0. The first-order chi connectivity index (χ1) is 19.8. The van der Waals surface area contributed by atoms with Gasteiger partial charge in [0, 0.05) is 12.4 Å². The fraction of sp³-hybridized carbons (Fsp3) is 0.